The fourth-order valence-corrected chi connectivity index (χ4v) is 3.44. The standard InChI is InChI=1S/C20H21NO3/c1-20(16-5-3-2-4-6-16)12-17(13-20)21-18(22)11-14-7-9-15(10-8-14)19(23)24/h2-10,17H,11-13H2,1H3,(H,21,22)(H,23,24). The molecule has 0 bridgehead atoms. The van der Waals surface area contributed by atoms with Crippen LogP contribution in [0, 0.1) is 0 Å². The van der Waals surface area contributed by atoms with Crippen molar-refractivity contribution in [2.24, 2.45) is 0 Å². The van der Waals surface area contributed by atoms with E-state index < -0.39 is 5.97 Å². The second-order valence-electron chi connectivity index (χ2n) is 6.78. The lowest BCUT2D eigenvalue weighted by Crippen LogP contribution is -2.52. The summed E-state index contributed by atoms with van der Waals surface area (Å²) in [5.41, 5.74) is 2.52. The van der Waals surface area contributed by atoms with Crippen molar-refractivity contribution >= 4 is 11.9 Å². The molecular formula is C20H21NO3. The Hall–Kier alpha value is -2.62. The zero-order chi connectivity index (χ0) is 17.2. The summed E-state index contributed by atoms with van der Waals surface area (Å²) >= 11 is 0. The summed E-state index contributed by atoms with van der Waals surface area (Å²) < 4.78 is 0. The fourth-order valence-electron chi connectivity index (χ4n) is 3.44. The zero-order valence-corrected chi connectivity index (χ0v) is 13.7. The number of carboxylic acid groups (broad SMARTS) is 1. The van der Waals surface area contributed by atoms with Crippen LogP contribution in [0.1, 0.15) is 41.3 Å². The van der Waals surface area contributed by atoms with Crippen molar-refractivity contribution < 1.29 is 14.7 Å². The Labute approximate surface area is 141 Å². The van der Waals surface area contributed by atoms with Gasteiger partial charge in [-0.25, -0.2) is 4.79 Å². The van der Waals surface area contributed by atoms with Crippen LogP contribution in [-0.2, 0) is 16.6 Å². The molecule has 1 fully saturated rings. The minimum absolute atomic E-state index is 0.0156. The minimum atomic E-state index is -0.958. The van der Waals surface area contributed by atoms with Crippen LogP contribution in [0.3, 0.4) is 0 Å². The number of hydrogen-bond acceptors (Lipinski definition) is 2. The van der Waals surface area contributed by atoms with Gasteiger partial charge in [-0.2, -0.15) is 0 Å². The Morgan fingerprint density at radius 3 is 2.29 bits per heavy atom. The molecule has 1 aliphatic rings. The van der Waals surface area contributed by atoms with E-state index in [2.05, 4.69) is 24.4 Å². The maximum atomic E-state index is 12.2. The van der Waals surface area contributed by atoms with Crippen molar-refractivity contribution in [3.8, 4) is 0 Å². The summed E-state index contributed by atoms with van der Waals surface area (Å²) in [7, 11) is 0. The van der Waals surface area contributed by atoms with E-state index >= 15 is 0 Å². The maximum Gasteiger partial charge on any atom is 0.335 e. The van der Waals surface area contributed by atoms with Crippen LogP contribution in [0.15, 0.2) is 54.6 Å². The van der Waals surface area contributed by atoms with Crippen molar-refractivity contribution in [3.05, 3.63) is 71.3 Å². The van der Waals surface area contributed by atoms with Gasteiger partial charge in [0.15, 0.2) is 0 Å². The minimum Gasteiger partial charge on any atom is -0.478 e. The molecule has 0 heterocycles. The summed E-state index contributed by atoms with van der Waals surface area (Å²) in [5.74, 6) is -0.973. The Balaban J connectivity index is 1.51. The summed E-state index contributed by atoms with van der Waals surface area (Å²) in [6.07, 6.45) is 2.17. The number of aromatic carboxylic acids is 1. The van der Waals surface area contributed by atoms with Crippen LogP contribution in [0.5, 0.6) is 0 Å². The van der Waals surface area contributed by atoms with Gasteiger partial charge in [-0.05, 0) is 41.5 Å². The summed E-state index contributed by atoms with van der Waals surface area (Å²) in [6, 6.07) is 17.0. The molecule has 2 aromatic carbocycles. The van der Waals surface area contributed by atoms with E-state index in [-0.39, 0.29) is 29.3 Å². The van der Waals surface area contributed by atoms with Gasteiger partial charge in [0.05, 0.1) is 12.0 Å². The van der Waals surface area contributed by atoms with E-state index in [9.17, 15) is 9.59 Å². The fraction of sp³-hybridized carbons (Fsp3) is 0.300. The Kier molecular flexibility index (Phi) is 4.38. The van der Waals surface area contributed by atoms with Crippen LogP contribution < -0.4 is 5.32 Å². The van der Waals surface area contributed by atoms with Gasteiger partial charge in [0.2, 0.25) is 5.91 Å². The first-order valence-electron chi connectivity index (χ1n) is 8.13. The quantitative estimate of drug-likeness (QED) is 0.888. The van der Waals surface area contributed by atoms with Crippen LogP contribution >= 0.6 is 0 Å². The largest absolute Gasteiger partial charge is 0.478 e. The molecule has 0 saturated heterocycles. The van der Waals surface area contributed by atoms with E-state index in [1.165, 1.54) is 17.7 Å². The van der Waals surface area contributed by atoms with E-state index in [0.717, 1.165) is 18.4 Å². The highest BCUT2D eigenvalue weighted by molar-refractivity contribution is 5.87. The Bertz CT molecular complexity index is 731. The molecule has 0 radical (unpaired) electrons. The third kappa shape index (κ3) is 3.48. The topological polar surface area (TPSA) is 66.4 Å². The van der Waals surface area contributed by atoms with E-state index in [0.29, 0.717) is 0 Å². The number of nitrogens with one attached hydrogen (secondary N) is 1. The van der Waals surface area contributed by atoms with E-state index in [1.807, 2.05) is 18.2 Å². The first-order valence-corrected chi connectivity index (χ1v) is 8.13. The highest BCUT2D eigenvalue weighted by Gasteiger charge is 2.41. The molecule has 4 nitrogen and oxygen atoms in total. The van der Waals surface area contributed by atoms with Crippen molar-refractivity contribution in [1.82, 2.24) is 5.32 Å². The number of benzene rings is 2. The van der Waals surface area contributed by atoms with Crippen LogP contribution in [-0.4, -0.2) is 23.0 Å². The molecule has 1 aliphatic carbocycles. The van der Waals surface area contributed by atoms with Gasteiger partial charge in [-0.1, -0.05) is 49.4 Å². The third-order valence-corrected chi connectivity index (χ3v) is 4.80. The molecular weight excluding hydrogens is 302 g/mol. The number of carboxylic acids is 1. The van der Waals surface area contributed by atoms with Crippen molar-refractivity contribution in [3.63, 3.8) is 0 Å². The summed E-state index contributed by atoms with van der Waals surface area (Å²) in [6.45, 7) is 2.23. The number of amides is 1. The average molecular weight is 323 g/mol. The zero-order valence-electron chi connectivity index (χ0n) is 13.7. The van der Waals surface area contributed by atoms with Crippen molar-refractivity contribution in [2.75, 3.05) is 0 Å². The number of carbonyl (C=O) groups is 2. The smallest absolute Gasteiger partial charge is 0.335 e. The summed E-state index contributed by atoms with van der Waals surface area (Å²) in [4.78, 5) is 23.0. The average Bonchev–Trinajstić information content (AvgIpc) is 2.54. The second kappa shape index (κ2) is 6.48. The summed E-state index contributed by atoms with van der Waals surface area (Å²) in [5, 5.41) is 12.0. The predicted octanol–water partition coefficient (Wildman–Crippen LogP) is 3.16. The molecule has 124 valence electrons. The predicted molar refractivity (Wildman–Crippen MR) is 92.1 cm³/mol. The van der Waals surface area contributed by atoms with Crippen molar-refractivity contribution in [1.29, 1.82) is 0 Å². The lowest BCUT2D eigenvalue weighted by Gasteiger charge is -2.46. The lowest BCUT2D eigenvalue weighted by molar-refractivity contribution is -0.122. The third-order valence-electron chi connectivity index (χ3n) is 4.80. The highest BCUT2D eigenvalue weighted by Crippen LogP contribution is 2.43. The molecule has 0 aliphatic heterocycles. The van der Waals surface area contributed by atoms with Gasteiger partial charge in [0.1, 0.15) is 0 Å². The Morgan fingerprint density at radius 1 is 1.08 bits per heavy atom. The van der Waals surface area contributed by atoms with Crippen LogP contribution in [0.4, 0.5) is 0 Å². The molecule has 0 atom stereocenters. The first-order chi connectivity index (χ1) is 11.5. The number of rotatable bonds is 5. The maximum absolute atomic E-state index is 12.2. The molecule has 24 heavy (non-hydrogen) atoms. The monoisotopic (exact) mass is 323 g/mol. The molecule has 1 amide bonds. The van der Waals surface area contributed by atoms with Gasteiger partial charge >= 0.3 is 5.97 Å². The van der Waals surface area contributed by atoms with Crippen molar-refractivity contribution in [2.45, 2.75) is 37.6 Å². The van der Waals surface area contributed by atoms with Gasteiger partial charge in [0.25, 0.3) is 0 Å². The molecule has 2 N–H and O–H groups in total. The molecule has 4 heteroatoms. The molecule has 2 aromatic rings. The highest BCUT2D eigenvalue weighted by atomic mass is 16.4. The van der Waals surface area contributed by atoms with Crippen LogP contribution in [0.2, 0.25) is 0 Å². The van der Waals surface area contributed by atoms with Gasteiger partial charge in [0, 0.05) is 6.04 Å². The normalized spacial score (nSPS) is 22.5. The molecule has 0 spiro atoms. The van der Waals surface area contributed by atoms with E-state index in [4.69, 9.17) is 5.11 Å². The van der Waals surface area contributed by atoms with Gasteiger partial charge in [-0.15, -0.1) is 0 Å². The second-order valence-corrected chi connectivity index (χ2v) is 6.78. The lowest BCUT2D eigenvalue weighted by atomic mass is 9.63. The Morgan fingerprint density at radius 2 is 1.71 bits per heavy atom. The molecule has 3 rings (SSSR count). The van der Waals surface area contributed by atoms with Gasteiger partial charge in [-0.3, -0.25) is 4.79 Å². The molecule has 1 saturated carbocycles. The van der Waals surface area contributed by atoms with Crippen LogP contribution in [0.25, 0.3) is 0 Å². The first kappa shape index (κ1) is 16.2. The number of carbonyl (C=O) groups excluding carboxylic acids is 1. The number of hydrogen-bond donors (Lipinski definition) is 2. The molecule has 0 unspecified atom stereocenters. The molecule has 0 aromatic heterocycles. The van der Waals surface area contributed by atoms with Gasteiger partial charge < -0.3 is 10.4 Å². The SMILES string of the molecule is CC1(c2ccccc2)CC(NC(=O)Cc2ccc(C(=O)O)cc2)C1. The van der Waals surface area contributed by atoms with E-state index in [1.54, 1.807) is 12.1 Å².